The van der Waals surface area contributed by atoms with E-state index in [1.807, 2.05) is 18.2 Å². The second kappa shape index (κ2) is 8.19. The van der Waals surface area contributed by atoms with Crippen LogP contribution in [-0.2, 0) is 5.41 Å². The van der Waals surface area contributed by atoms with Crippen molar-refractivity contribution in [2.24, 2.45) is 5.92 Å². The Bertz CT molecular complexity index is 551. The first-order chi connectivity index (χ1) is 12.1. The van der Waals surface area contributed by atoms with Gasteiger partial charge >= 0.3 is 6.03 Å². The number of amides is 2. The summed E-state index contributed by atoms with van der Waals surface area (Å²) in [5.41, 5.74) is 1.41. The van der Waals surface area contributed by atoms with E-state index in [0.29, 0.717) is 19.6 Å². The molecule has 1 unspecified atom stereocenters. The van der Waals surface area contributed by atoms with Crippen molar-refractivity contribution in [2.75, 3.05) is 32.7 Å². The number of urea groups is 1. The summed E-state index contributed by atoms with van der Waals surface area (Å²) in [5, 5.41) is 15.9. The zero-order valence-corrected chi connectivity index (χ0v) is 15.2. The van der Waals surface area contributed by atoms with Gasteiger partial charge in [0.25, 0.3) is 0 Å². The predicted molar refractivity (Wildman–Crippen MR) is 99.6 cm³/mol. The van der Waals surface area contributed by atoms with E-state index in [-0.39, 0.29) is 11.4 Å². The molecule has 1 heterocycles. The van der Waals surface area contributed by atoms with Crippen LogP contribution in [0, 0.1) is 5.92 Å². The summed E-state index contributed by atoms with van der Waals surface area (Å²) in [6.07, 6.45) is 4.12. The van der Waals surface area contributed by atoms with Crippen molar-refractivity contribution in [2.45, 2.75) is 44.1 Å². The molecule has 138 valence electrons. The van der Waals surface area contributed by atoms with E-state index in [0.717, 1.165) is 31.8 Å². The number of piperidine rings is 1. The van der Waals surface area contributed by atoms with Crippen LogP contribution in [0.3, 0.4) is 0 Å². The Balaban J connectivity index is 1.34. The summed E-state index contributed by atoms with van der Waals surface area (Å²) in [6, 6.07) is 10.2. The van der Waals surface area contributed by atoms with Crippen LogP contribution in [0.25, 0.3) is 0 Å². The minimum Gasteiger partial charge on any atom is -0.390 e. The molecule has 0 aromatic heterocycles. The Morgan fingerprint density at radius 1 is 1.24 bits per heavy atom. The smallest absolute Gasteiger partial charge is 0.314 e. The van der Waals surface area contributed by atoms with E-state index < -0.39 is 6.10 Å². The molecule has 5 heteroatoms. The molecule has 1 aromatic carbocycles. The normalized spacial score (nSPS) is 21.5. The Morgan fingerprint density at radius 3 is 2.56 bits per heavy atom. The number of carbonyl (C=O) groups is 1. The molecule has 2 amide bonds. The summed E-state index contributed by atoms with van der Waals surface area (Å²) in [4.78, 5) is 14.3. The first kappa shape index (κ1) is 18.2. The monoisotopic (exact) mass is 345 g/mol. The summed E-state index contributed by atoms with van der Waals surface area (Å²) in [6.45, 7) is 5.97. The zero-order valence-electron chi connectivity index (χ0n) is 15.2. The molecule has 25 heavy (non-hydrogen) atoms. The lowest BCUT2D eigenvalue weighted by Gasteiger charge is -2.31. The van der Waals surface area contributed by atoms with E-state index in [1.54, 1.807) is 0 Å². The van der Waals surface area contributed by atoms with Crippen LogP contribution in [0.4, 0.5) is 4.79 Å². The molecule has 1 atom stereocenters. The molecule has 1 aliphatic heterocycles. The number of hydrogen-bond acceptors (Lipinski definition) is 3. The van der Waals surface area contributed by atoms with E-state index in [9.17, 15) is 9.90 Å². The second-order valence-electron chi connectivity index (χ2n) is 7.85. The lowest BCUT2D eigenvalue weighted by Crippen LogP contribution is -2.46. The Hall–Kier alpha value is -1.59. The summed E-state index contributed by atoms with van der Waals surface area (Å²) in [7, 11) is 0. The molecule has 2 fully saturated rings. The fourth-order valence-electron chi connectivity index (χ4n) is 3.64. The molecule has 1 aliphatic carbocycles. The standard InChI is InChI=1S/C20H31N3O2/c1-16-7-11-23(12-8-16)14-18(24)13-21-19(25)22-15-20(9-10-20)17-5-3-2-4-6-17/h2-6,16,18,24H,7-15H2,1H3,(H2,21,22,25). The minimum absolute atomic E-state index is 0.113. The van der Waals surface area contributed by atoms with Crippen LogP contribution in [0.15, 0.2) is 30.3 Å². The van der Waals surface area contributed by atoms with E-state index >= 15 is 0 Å². The van der Waals surface area contributed by atoms with Gasteiger partial charge in [0.15, 0.2) is 0 Å². The summed E-state index contributed by atoms with van der Waals surface area (Å²) >= 11 is 0. The predicted octanol–water partition coefficient (Wildman–Crippen LogP) is 2.11. The van der Waals surface area contributed by atoms with E-state index in [2.05, 4.69) is 34.6 Å². The number of carbonyl (C=O) groups excluding carboxylic acids is 1. The number of nitrogens with one attached hydrogen (secondary N) is 2. The summed E-state index contributed by atoms with van der Waals surface area (Å²) in [5.74, 6) is 0.789. The number of benzene rings is 1. The lowest BCUT2D eigenvalue weighted by atomic mass is 9.96. The first-order valence-corrected chi connectivity index (χ1v) is 9.55. The van der Waals surface area contributed by atoms with E-state index in [1.165, 1.54) is 18.4 Å². The molecule has 3 rings (SSSR count). The van der Waals surface area contributed by atoms with Gasteiger partial charge in [-0.2, -0.15) is 0 Å². The maximum Gasteiger partial charge on any atom is 0.314 e. The molecule has 1 saturated carbocycles. The fraction of sp³-hybridized carbons (Fsp3) is 0.650. The topological polar surface area (TPSA) is 64.6 Å². The third-order valence-electron chi connectivity index (χ3n) is 5.67. The zero-order chi connectivity index (χ0) is 17.7. The molecule has 1 aromatic rings. The van der Waals surface area contributed by atoms with Crippen LogP contribution >= 0.6 is 0 Å². The lowest BCUT2D eigenvalue weighted by molar-refractivity contribution is 0.0920. The SMILES string of the molecule is CC1CCN(CC(O)CNC(=O)NCC2(c3ccccc3)CC2)CC1. The van der Waals surface area contributed by atoms with Crippen molar-refractivity contribution in [1.82, 2.24) is 15.5 Å². The van der Waals surface area contributed by atoms with Gasteiger partial charge in [-0.05, 0) is 50.3 Å². The second-order valence-corrected chi connectivity index (χ2v) is 7.85. The van der Waals surface area contributed by atoms with Gasteiger partial charge in [0.05, 0.1) is 6.10 Å². The highest BCUT2D eigenvalue weighted by atomic mass is 16.3. The van der Waals surface area contributed by atoms with Crippen LogP contribution < -0.4 is 10.6 Å². The highest BCUT2D eigenvalue weighted by molar-refractivity contribution is 5.74. The van der Waals surface area contributed by atoms with Crippen molar-refractivity contribution in [1.29, 1.82) is 0 Å². The highest BCUT2D eigenvalue weighted by Crippen LogP contribution is 2.47. The molecule has 1 saturated heterocycles. The van der Waals surface area contributed by atoms with Crippen LogP contribution in [0.2, 0.25) is 0 Å². The van der Waals surface area contributed by atoms with Crippen LogP contribution in [0.5, 0.6) is 0 Å². The molecular formula is C20H31N3O2. The van der Waals surface area contributed by atoms with E-state index in [4.69, 9.17) is 0 Å². The summed E-state index contributed by atoms with van der Waals surface area (Å²) < 4.78 is 0. The maximum absolute atomic E-state index is 12.0. The fourth-order valence-corrected chi connectivity index (χ4v) is 3.64. The van der Waals surface area contributed by atoms with Gasteiger partial charge in [-0.3, -0.25) is 0 Å². The van der Waals surface area contributed by atoms with Crippen molar-refractivity contribution in [3.8, 4) is 0 Å². The maximum atomic E-state index is 12.0. The molecule has 5 nitrogen and oxygen atoms in total. The molecule has 3 N–H and O–H groups in total. The molecule has 2 aliphatic rings. The molecule has 0 radical (unpaired) electrons. The quantitative estimate of drug-likeness (QED) is 0.709. The number of hydrogen-bond donors (Lipinski definition) is 3. The third kappa shape index (κ3) is 5.19. The van der Waals surface area contributed by atoms with Gasteiger partial charge in [0.1, 0.15) is 0 Å². The van der Waals surface area contributed by atoms with Gasteiger partial charge in [0, 0.05) is 25.0 Å². The first-order valence-electron chi connectivity index (χ1n) is 9.55. The van der Waals surface area contributed by atoms with Crippen molar-refractivity contribution in [3.63, 3.8) is 0 Å². The Labute approximate surface area is 150 Å². The van der Waals surface area contributed by atoms with Crippen molar-refractivity contribution >= 4 is 6.03 Å². The molecule has 0 bridgehead atoms. The average molecular weight is 345 g/mol. The third-order valence-corrected chi connectivity index (χ3v) is 5.67. The van der Waals surface area contributed by atoms with Crippen LogP contribution in [0.1, 0.15) is 38.2 Å². The van der Waals surface area contributed by atoms with Gasteiger partial charge in [-0.15, -0.1) is 0 Å². The van der Waals surface area contributed by atoms with Crippen molar-refractivity contribution < 1.29 is 9.90 Å². The number of aliphatic hydroxyl groups is 1. The Morgan fingerprint density at radius 2 is 1.92 bits per heavy atom. The van der Waals surface area contributed by atoms with Gasteiger partial charge in [-0.25, -0.2) is 4.79 Å². The Kier molecular flexibility index (Phi) is 5.97. The van der Waals surface area contributed by atoms with Gasteiger partial charge < -0.3 is 20.6 Å². The van der Waals surface area contributed by atoms with Gasteiger partial charge in [0.2, 0.25) is 0 Å². The van der Waals surface area contributed by atoms with Gasteiger partial charge in [-0.1, -0.05) is 37.3 Å². The number of aliphatic hydroxyl groups excluding tert-OH is 1. The number of likely N-dealkylation sites (tertiary alicyclic amines) is 1. The largest absolute Gasteiger partial charge is 0.390 e. The number of β-amino-alcohol motifs (C(OH)–C–C–N with tert-alkyl or cyclic N) is 1. The van der Waals surface area contributed by atoms with Crippen molar-refractivity contribution in [3.05, 3.63) is 35.9 Å². The minimum atomic E-state index is -0.511. The highest BCUT2D eigenvalue weighted by Gasteiger charge is 2.44. The average Bonchev–Trinajstić information content (AvgIpc) is 3.42. The van der Waals surface area contributed by atoms with Crippen LogP contribution in [-0.4, -0.2) is 54.9 Å². The molecule has 0 spiro atoms. The number of rotatable bonds is 7. The molecular weight excluding hydrogens is 314 g/mol. The number of nitrogens with zero attached hydrogens (tertiary/aromatic N) is 1.